The van der Waals surface area contributed by atoms with Crippen molar-refractivity contribution in [3.05, 3.63) is 35.2 Å². The number of imide groups is 1. The van der Waals surface area contributed by atoms with E-state index in [4.69, 9.17) is 0 Å². The lowest BCUT2D eigenvalue weighted by atomic mass is 10.1. The Morgan fingerprint density at radius 2 is 2.05 bits per heavy atom. The summed E-state index contributed by atoms with van der Waals surface area (Å²) in [5.41, 5.74) is 2.72. The normalized spacial score (nSPS) is 10.3. The molecule has 8 heteroatoms. The fourth-order valence-corrected chi connectivity index (χ4v) is 2.43. The average molecular weight is 319 g/mol. The molecule has 0 aliphatic heterocycles. The number of hydrogen-bond donors (Lipinski definition) is 3. The lowest BCUT2D eigenvalue weighted by Gasteiger charge is -2.09. The second-order valence-corrected chi connectivity index (χ2v) is 5.76. The van der Waals surface area contributed by atoms with Gasteiger partial charge in [0.1, 0.15) is 5.82 Å². The Bertz CT molecular complexity index is 698. The van der Waals surface area contributed by atoms with Crippen LogP contribution in [0.2, 0.25) is 0 Å². The Hall–Kier alpha value is -2.35. The second-order valence-electron chi connectivity index (χ2n) is 4.81. The Labute approximate surface area is 132 Å². The predicted octanol–water partition coefficient (Wildman–Crippen LogP) is 2.17. The van der Waals surface area contributed by atoms with Crippen molar-refractivity contribution in [3.63, 3.8) is 0 Å². The van der Waals surface area contributed by atoms with Gasteiger partial charge in [0, 0.05) is 5.69 Å². The van der Waals surface area contributed by atoms with Crippen LogP contribution in [0, 0.1) is 20.8 Å². The average Bonchev–Trinajstić information content (AvgIpc) is 2.85. The molecule has 2 rings (SSSR count). The Morgan fingerprint density at radius 3 is 2.68 bits per heavy atom. The summed E-state index contributed by atoms with van der Waals surface area (Å²) in [6.07, 6.45) is 0. The van der Waals surface area contributed by atoms with Crippen molar-refractivity contribution >= 4 is 29.4 Å². The molecule has 7 nitrogen and oxygen atoms in total. The summed E-state index contributed by atoms with van der Waals surface area (Å²) in [6, 6.07) is 5.11. The lowest BCUT2D eigenvalue weighted by molar-refractivity contribution is -0.117. The van der Waals surface area contributed by atoms with Crippen LogP contribution in [0.15, 0.2) is 23.4 Å². The van der Waals surface area contributed by atoms with Gasteiger partial charge >= 0.3 is 6.03 Å². The number of H-pyrrole nitrogens is 1. The Balaban J connectivity index is 1.82. The number of hydrogen-bond acceptors (Lipinski definition) is 5. The molecule has 116 valence electrons. The van der Waals surface area contributed by atoms with Crippen LogP contribution in [-0.2, 0) is 4.79 Å². The molecule has 0 unspecified atom stereocenters. The minimum absolute atomic E-state index is 0.0671. The topological polar surface area (TPSA) is 99.8 Å². The van der Waals surface area contributed by atoms with Crippen LogP contribution >= 0.6 is 11.8 Å². The van der Waals surface area contributed by atoms with Crippen molar-refractivity contribution in [2.24, 2.45) is 0 Å². The molecule has 1 aromatic heterocycles. The predicted molar refractivity (Wildman–Crippen MR) is 84.9 cm³/mol. The number of amides is 3. The molecule has 1 aromatic carbocycles. The molecule has 2 aromatic rings. The quantitative estimate of drug-likeness (QED) is 0.750. The van der Waals surface area contributed by atoms with Crippen LogP contribution in [-0.4, -0.2) is 32.9 Å². The van der Waals surface area contributed by atoms with Gasteiger partial charge in [0.25, 0.3) is 0 Å². The summed E-state index contributed by atoms with van der Waals surface area (Å²) in [5.74, 6) is 0.336. The number of carbonyl (C=O) groups excluding carboxylic acids is 2. The number of anilines is 1. The van der Waals surface area contributed by atoms with Gasteiger partial charge in [0.2, 0.25) is 11.1 Å². The molecule has 22 heavy (non-hydrogen) atoms. The maximum atomic E-state index is 11.8. The highest BCUT2D eigenvalue weighted by Crippen LogP contribution is 2.16. The van der Waals surface area contributed by atoms with Gasteiger partial charge in [0.15, 0.2) is 0 Å². The third-order valence-electron chi connectivity index (χ3n) is 2.79. The van der Waals surface area contributed by atoms with Crippen molar-refractivity contribution < 1.29 is 9.59 Å². The molecule has 3 N–H and O–H groups in total. The van der Waals surface area contributed by atoms with E-state index >= 15 is 0 Å². The first-order chi connectivity index (χ1) is 10.4. The van der Waals surface area contributed by atoms with E-state index in [1.165, 1.54) is 0 Å². The summed E-state index contributed by atoms with van der Waals surface area (Å²) in [6.45, 7) is 5.64. The molecular formula is C14H17N5O2S. The van der Waals surface area contributed by atoms with Crippen molar-refractivity contribution in [2.75, 3.05) is 11.1 Å². The van der Waals surface area contributed by atoms with Gasteiger partial charge in [-0.05, 0) is 32.4 Å². The maximum Gasteiger partial charge on any atom is 0.325 e. The monoisotopic (exact) mass is 319 g/mol. The molecule has 3 amide bonds. The number of benzene rings is 1. The van der Waals surface area contributed by atoms with Gasteiger partial charge in [-0.25, -0.2) is 9.78 Å². The third kappa shape index (κ3) is 4.59. The standard InChI is InChI=1S/C14H17N5O2S/c1-8-4-5-11(9(2)6-8)16-13(21)17-12(20)7-22-14-15-10(3)18-19-14/h4-6H,7H2,1-3H3,(H,15,18,19)(H2,16,17,20,21). The van der Waals surface area contributed by atoms with Gasteiger partial charge in [0.05, 0.1) is 5.75 Å². The van der Waals surface area contributed by atoms with Crippen LogP contribution in [0.5, 0.6) is 0 Å². The van der Waals surface area contributed by atoms with Gasteiger partial charge in [-0.2, -0.15) is 0 Å². The number of thioether (sulfide) groups is 1. The zero-order chi connectivity index (χ0) is 16.1. The summed E-state index contributed by atoms with van der Waals surface area (Å²) in [5, 5.41) is 12.0. The van der Waals surface area contributed by atoms with Crippen molar-refractivity contribution in [1.29, 1.82) is 0 Å². The third-order valence-corrected chi connectivity index (χ3v) is 3.64. The lowest BCUT2D eigenvalue weighted by Crippen LogP contribution is -2.35. The smallest absolute Gasteiger partial charge is 0.307 e. The first-order valence-electron chi connectivity index (χ1n) is 6.64. The zero-order valence-corrected chi connectivity index (χ0v) is 13.4. The van der Waals surface area contributed by atoms with E-state index in [2.05, 4.69) is 25.8 Å². The summed E-state index contributed by atoms with van der Waals surface area (Å²) >= 11 is 1.16. The number of nitrogens with one attached hydrogen (secondary N) is 3. The molecule has 0 spiro atoms. The number of aryl methyl sites for hydroxylation is 3. The molecule has 0 radical (unpaired) electrons. The number of carbonyl (C=O) groups is 2. The van der Waals surface area contributed by atoms with E-state index in [1.54, 1.807) is 13.0 Å². The number of rotatable bonds is 4. The Morgan fingerprint density at radius 1 is 1.27 bits per heavy atom. The summed E-state index contributed by atoms with van der Waals surface area (Å²) in [7, 11) is 0. The number of aromatic amines is 1. The van der Waals surface area contributed by atoms with Gasteiger partial charge in [-0.1, -0.05) is 29.5 Å². The van der Waals surface area contributed by atoms with Crippen molar-refractivity contribution in [1.82, 2.24) is 20.5 Å². The molecule has 0 fully saturated rings. The minimum Gasteiger partial charge on any atom is -0.307 e. The van der Waals surface area contributed by atoms with E-state index in [9.17, 15) is 9.59 Å². The first kappa shape index (κ1) is 16.0. The molecule has 0 saturated carbocycles. The molecule has 0 aliphatic rings. The van der Waals surface area contributed by atoms with E-state index in [-0.39, 0.29) is 5.75 Å². The van der Waals surface area contributed by atoms with Gasteiger partial charge in [-0.15, -0.1) is 5.10 Å². The molecule has 0 bridgehead atoms. The van der Waals surface area contributed by atoms with Crippen molar-refractivity contribution in [3.8, 4) is 0 Å². The fraction of sp³-hybridized carbons (Fsp3) is 0.286. The fourth-order valence-electron chi connectivity index (χ4n) is 1.79. The van der Waals surface area contributed by atoms with Gasteiger partial charge < -0.3 is 5.32 Å². The number of aromatic nitrogens is 3. The minimum atomic E-state index is -0.552. The highest BCUT2D eigenvalue weighted by molar-refractivity contribution is 7.99. The second kappa shape index (κ2) is 7.08. The van der Waals surface area contributed by atoms with Crippen LogP contribution in [0.1, 0.15) is 17.0 Å². The van der Waals surface area contributed by atoms with Crippen LogP contribution in [0.4, 0.5) is 10.5 Å². The molecular weight excluding hydrogens is 302 g/mol. The highest BCUT2D eigenvalue weighted by atomic mass is 32.2. The molecule has 0 saturated heterocycles. The van der Waals surface area contributed by atoms with Crippen LogP contribution in [0.3, 0.4) is 0 Å². The first-order valence-corrected chi connectivity index (χ1v) is 7.62. The summed E-state index contributed by atoms with van der Waals surface area (Å²) < 4.78 is 0. The zero-order valence-electron chi connectivity index (χ0n) is 12.6. The van der Waals surface area contributed by atoms with Crippen molar-refractivity contribution in [2.45, 2.75) is 25.9 Å². The van der Waals surface area contributed by atoms with E-state index in [1.807, 2.05) is 26.0 Å². The summed E-state index contributed by atoms with van der Waals surface area (Å²) in [4.78, 5) is 27.6. The highest BCUT2D eigenvalue weighted by Gasteiger charge is 2.11. The van der Waals surface area contributed by atoms with Gasteiger partial charge in [-0.3, -0.25) is 15.2 Å². The maximum absolute atomic E-state index is 11.8. The van der Waals surface area contributed by atoms with E-state index in [0.717, 1.165) is 22.9 Å². The number of urea groups is 1. The van der Waals surface area contributed by atoms with Crippen LogP contribution < -0.4 is 10.6 Å². The molecule has 0 atom stereocenters. The molecule has 0 aliphatic carbocycles. The largest absolute Gasteiger partial charge is 0.325 e. The van der Waals surface area contributed by atoms with E-state index < -0.39 is 11.9 Å². The van der Waals surface area contributed by atoms with E-state index in [0.29, 0.717) is 16.7 Å². The Kier molecular flexibility index (Phi) is 5.16. The van der Waals surface area contributed by atoms with Crippen LogP contribution in [0.25, 0.3) is 0 Å². The number of nitrogens with zero attached hydrogens (tertiary/aromatic N) is 2. The SMILES string of the molecule is Cc1ccc(NC(=O)NC(=O)CSc2n[nH]c(C)n2)c(C)c1. The molecule has 1 heterocycles.